The molecule has 0 aliphatic carbocycles. The van der Waals surface area contributed by atoms with Gasteiger partial charge in [0.1, 0.15) is 0 Å². The van der Waals surface area contributed by atoms with Gasteiger partial charge in [-0.1, -0.05) is 43.3 Å². The Morgan fingerprint density at radius 3 is 2.31 bits per heavy atom. The van der Waals surface area contributed by atoms with Gasteiger partial charge in [-0.15, -0.1) is 0 Å². The number of pyridine rings is 1. The third kappa shape index (κ3) is 7.00. The summed E-state index contributed by atoms with van der Waals surface area (Å²) in [4.78, 5) is 30.1. The smallest absolute Gasteiger partial charge is 0.254 e. The molecular formula is C32H36N4O3. The first kappa shape index (κ1) is 27.8. The van der Waals surface area contributed by atoms with E-state index < -0.39 is 0 Å². The average molecular weight is 525 g/mol. The minimum absolute atomic E-state index is 0.116. The molecule has 0 fully saturated rings. The predicted molar refractivity (Wildman–Crippen MR) is 158 cm³/mol. The van der Waals surface area contributed by atoms with Crippen LogP contribution in [0.3, 0.4) is 0 Å². The van der Waals surface area contributed by atoms with E-state index in [0.717, 1.165) is 47.2 Å². The fourth-order valence-corrected chi connectivity index (χ4v) is 4.31. The van der Waals surface area contributed by atoms with Gasteiger partial charge < -0.3 is 20.7 Å². The molecule has 0 aliphatic heterocycles. The molecular weight excluding hydrogens is 488 g/mol. The molecule has 0 aliphatic rings. The quantitative estimate of drug-likeness (QED) is 0.199. The molecule has 7 nitrogen and oxygen atoms in total. The van der Waals surface area contributed by atoms with Crippen LogP contribution in [0.5, 0.6) is 0 Å². The number of rotatable bonds is 11. The number of nitrogens with one attached hydrogen (secondary N) is 3. The largest absolute Gasteiger partial charge is 0.381 e. The number of fused-ring (bicyclic) bond motifs is 1. The second-order valence-electron chi connectivity index (χ2n) is 10.1. The van der Waals surface area contributed by atoms with Crippen molar-refractivity contribution in [2.24, 2.45) is 0 Å². The van der Waals surface area contributed by atoms with Gasteiger partial charge in [-0.2, -0.15) is 0 Å². The second kappa shape index (κ2) is 12.5. The van der Waals surface area contributed by atoms with E-state index in [9.17, 15) is 9.59 Å². The van der Waals surface area contributed by atoms with Gasteiger partial charge in [-0.05, 0) is 74.2 Å². The summed E-state index contributed by atoms with van der Waals surface area (Å²) in [7, 11) is 1.61. The van der Waals surface area contributed by atoms with Crippen LogP contribution in [0.4, 0.5) is 11.4 Å². The lowest BCUT2D eigenvalue weighted by Crippen LogP contribution is -2.44. The van der Waals surface area contributed by atoms with Crippen LogP contribution in [-0.2, 0) is 4.74 Å². The molecule has 1 aromatic heterocycles. The first-order valence-electron chi connectivity index (χ1n) is 13.3. The lowest BCUT2D eigenvalue weighted by Gasteiger charge is -2.26. The number of anilines is 2. The number of carbonyl (C=O) groups excluding carboxylic acids is 2. The second-order valence-corrected chi connectivity index (χ2v) is 10.1. The number of benzene rings is 3. The summed E-state index contributed by atoms with van der Waals surface area (Å²) in [5.41, 5.74) is 4.92. The lowest BCUT2D eigenvalue weighted by molar-refractivity contribution is 0.0853. The van der Waals surface area contributed by atoms with Gasteiger partial charge in [-0.25, -0.2) is 0 Å². The summed E-state index contributed by atoms with van der Waals surface area (Å²) in [5.74, 6) is -0.335. The van der Waals surface area contributed by atoms with Gasteiger partial charge in [0, 0.05) is 48.6 Å². The van der Waals surface area contributed by atoms with Crippen molar-refractivity contribution < 1.29 is 14.3 Å². The average Bonchev–Trinajstić information content (AvgIpc) is 2.95. The summed E-state index contributed by atoms with van der Waals surface area (Å²) in [6.45, 7) is 7.43. The molecule has 202 valence electrons. The minimum atomic E-state index is -0.376. The fourth-order valence-electron chi connectivity index (χ4n) is 4.31. The van der Waals surface area contributed by atoms with E-state index >= 15 is 0 Å². The van der Waals surface area contributed by atoms with Crippen molar-refractivity contribution in [3.05, 3.63) is 90.1 Å². The zero-order valence-electron chi connectivity index (χ0n) is 23.0. The van der Waals surface area contributed by atoms with E-state index in [1.807, 2.05) is 86.6 Å². The molecule has 1 heterocycles. The fraction of sp³-hybridized carbons (Fsp3) is 0.281. The molecule has 3 N–H and O–H groups in total. The number of carbonyl (C=O) groups is 2. The highest BCUT2D eigenvalue weighted by Gasteiger charge is 2.21. The molecule has 4 aromatic rings. The topological polar surface area (TPSA) is 92.3 Å². The van der Waals surface area contributed by atoms with E-state index in [4.69, 9.17) is 4.74 Å². The van der Waals surface area contributed by atoms with Crippen LogP contribution < -0.4 is 16.0 Å². The molecule has 0 saturated heterocycles. The highest BCUT2D eigenvalue weighted by Crippen LogP contribution is 2.33. The molecule has 0 bridgehead atoms. The van der Waals surface area contributed by atoms with Crippen molar-refractivity contribution in [1.82, 2.24) is 15.6 Å². The van der Waals surface area contributed by atoms with Crippen molar-refractivity contribution in [1.29, 1.82) is 0 Å². The van der Waals surface area contributed by atoms with Crippen LogP contribution in [0.2, 0.25) is 0 Å². The Hall–Kier alpha value is -4.23. The highest BCUT2D eigenvalue weighted by atomic mass is 16.5. The van der Waals surface area contributed by atoms with Gasteiger partial charge in [0.25, 0.3) is 11.8 Å². The van der Waals surface area contributed by atoms with E-state index in [2.05, 4.69) is 27.9 Å². The van der Waals surface area contributed by atoms with Crippen molar-refractivity contribution >= 4 is 34.1 Å². The van der Waals surface area contributed by atoms with Crippen molar-refractivity contribution in [2.75, 3.05) is 25.6 Å². The van der Waals surface area contributed by atoms with Crippen LogP contribution in [0.25, 0.3) is 22.0 Å². The van der Waals surface area contributed by atoms with Crippen LogP contribution >= 0.6 is 0 Å². The SMILES string of the molecule is CCCOCCC(C)(C)NC(=O)c1ccc(-c2ccc3ncc(C(=O)NC)c(Nc4ccccc4)c3c2)cc1. The molecule has 39 heavy (non-hydrogen) atoms. The summed E-state index contributed by atoms with van der Waals surface area (Å²) in [6.07, 6.45) is 3.31. The molecule has 3 aromatic carbocycles. The monoisotopic (exact) mass is 524 g/mol. The maximum Gasteiger partial charge on any atom is 0.254 e. The van der Waals surface area contributed by atoms with Gasteiger partial charge in [-0.3, -0.25) is 14.6 Å². The Labute approximate surface area is 230 Å². The third-order valence-electron chi connectivity index (χ3n) is 6.53. The third-order valence-corrected chi connectivity index (χ3v) is 6.53. The van der Waals surface area contributed by atoms with E-state index in [1.54, 1.807) is 13.2 Å². The van der Waals surface area contributed by atoms with E-state index in [1.165, 1.54) is 0 Å². The first-order valence-corrected chi connectivity index (χ1v) is 13.3. The molecule has 2 amide bonds. The summed E-state index contributed by atoms with van der Waals surface area (Å²) >= 11 is 0. The lowest BCUT2D eigenvalue weighted by atomic mass is 9.98. The normalized spacial score (nSPS) is 11.3. The van der Waals surface area contributed by atoms with Gasteiger partial charge in [0.05, 0.1) is 16.8 Å². The van der Waals surface area contributed by atoms with Gasteiger partial charge in [0.15, 0.2) is 0 Å². The Kier molecular flexibility index (Phi) is 8.94. The van der Waals surface area contributed by atoms with Gasteiger partial charge >= 0.3 is 0 Å². The maximum absolute atomic E-state index is 12.9. The standard InChI is InChI=1S/C32H36N4O3/c1-5-18-39-19-17-32(2,3)36-30(37)23-13-11-22(12-14-23)24-15-16-28-26(20-24)29(27(21-34-28)31(38)33-4)35-25-9-7-6-8-10-25/h6-16,20-21H,5,17-19H2,1-4H3,(H,33,38)(H,34,35)(H,36,37). The van der Waals surface area contributed by atoms with E-state index in [0.29, 0.717) is 23.4 Å². The summed E-state index contributed by atoms with van der Waals surface area (Å²) in [6, 6.07) is 23.2. The van der Waals surface area contributed by atoms with E-state index in [-0.39, 0.29) is 17.4 Å². The van der Waals surface area contributed by atoms with Crippen molar-refractivity contribution in [3.8, 4) is 11.1 Å². The van der Waals surface area contributed by atoms with Crippen LogP contribution in [0, 0.1) is 0 Å². The number of nitrogens with zero attached hydrogens (tertiary/aromatic N) is 1. The molecule has 0 radical (unpaired) electrons. The minimum Gasteiger partial charge on any atom is -0.381 e. The number of para-hydroxylation sites is 1. The van der Waals surface area contributed by atoms with Crippen LogP contribution in [-0.4, -0.2) is 42.6 Å². The molecule has 7 heteroatoms. The molecule has 4 rings (SSSR count). The molecule has 0 spiro atoms. The number of amides is 2. The van der Waals surface area contributed by atoms with Crippen molar-refractivity contribution in [3.63, 3.8) is 0 Å². The van der Waals surface area contributed by atoms with Crippen molar-refractivity contribution in [2.45, 2.75) is 39.2 Å². The van der Waals surface area contributed by atoms with Crippen LogP contribution in [0.1, 0.15) is 54.3 Å². The predicted octanol–water partition coefficient (Wildman–Crippen LogP) is 6.33. The Morgan fingerprint density at radius 2 is 1.62 bits per heavy atom. The molecule has 0 saturated carbocycles. The highest BCUT2D eigenvalue weighted by molar-refractivity contribution is 6.08. The molecule has 0 unspecified atom stereocenters. The Balaban J connectivity index is 1.60. The zero-order valence-corrected chi connectivity index (χ0v) is 23.0. The first-order chi connectivity index (χ1) is 18.8. The Morgan fingerprint density at radius 1 is 0.897 bits per heavy atom. The molecule has 0 atom stereocenters. The summed E-state index contributed by atoms with van der Waals surface area (Å²) in [5, 5.41) is 10.1. The van der Waals surface area contributed by atoms with Gasteiger partial charge in [0.2, 0.25) is 0 Å². The summed E-state index contributed by atoms with van der Waals surface area (Å²) < 4.78 is 5.59. The van der Waals surface area contributed by atoms with Crippen LogP contribution in [0.15, 0.2) is 79.0 Å². The maximum atomic E-state index is 12.9. The number of ether oxygens (including phenoxy) is 1. The zero-order chi connectivity index (χ0) is 27.8. The number of hydrogen-bond acceptors (Lipinski definition) is 5. The Bertz CT molecular complexity index is 1430. The number of aromatic nitrogens is 1. The number of hydrogen-bond donors (Lipinski definition) is 3.